The van der Waals surface area contributed by atoms with E-state index in [2.05, 4.69) is 38.2 Å². The van der Waals surface area contributed by atoms with Gasteiger partial charge < -0.3 is 19.0 Å². The van der Waals surface area contributed by atoms with E-state index in [1.807, 2.05) is 23.8 Å². The van der Waals surface area contributed by atoms with Crippen LogP contribution in [0.25, 0.3) is 44.5 Å². The number of rotatable bonds is 3. The Labute approximate surface area is 182 Å². The summed E-state index contributed by atoms with van der Waals surface area (Å²) in [6, 6.07) is 7.84. The van der Waals surface area contributed by atoms with Crippen molar-refractivity contribution in [3.05, 3.63) is 47.6 Å². The molecule has 7 nitrogen and oxygen atoms in total. The zero-order valence-corrected chi connectivity index (χ0v) is 17.8. The van der Waals surface area contributed by atoms with Gasteiger partial charge in [0.1, 0.15) is 22.5 Å². The smallest absolute Gasteiger partial charge is 0.183 e. The van der Waals surface area contributed by atoms with Crippen molar-refractivity contribution in [1.29, 1.82) is 0 Å². The molecule has 0 spiro atoms. The number of phenolic OH excluding ortho intramolecular Hbond substituents is 1. The van der Waals surface area contributed by atoms with Gasteiger partial charge in [0.25, 0.3) is 0 Å². The van der Waals surface area contributed by atoms with E-state index in [0.717, 1.165) is 48.2 Å². The molecule has 1 aliphatic heterocycles. The quantitative estimate of drug-likeness (QED) is 0.436. The number of hydrogen-bond acceptors (Lipinski definition) is 7. The number of likely N-dealkylation sites (tertiary alicyclic amines) is 1. The van der Waals surface area contributed by atoms with Crippen molar-refractivity contribution in [2.75, 3.05) is 20.1 Å². The Hall–Kier alpha value is -3.23. The molecular weight excluding hydrogens is 410 g/mol. The number of aromatic hydroxyl groups is 1. The minimum atomic E-state index is 0.143. The van der Waals surface area contributed by atoms with Crippen LogP contribution >= 0.6 is 11.3 Å². The van der Waals surface area contributed by atoms with Gasteiger partial charge in [-0.1, -0.05) is 0 Å². The van der Waals surface area contributed by atoms with Crippen molar-refractivity contribution in [2.24, 2.45) is 0 Å². The van der Waals surface area contributed by atoms with E-state index in [9.17, 15) is 5.11 Å². The fraction of sp³-hybridized carbons (Fsp3) is 0.261. The number of hydrogen-bond donors (Lipinski definition) is 1. The van der Waals surface area contributed by atoms with E-state index >= 15 is 0 Å². The largest absolute Gasteiger partial charge is 0.506 e. The molecule has 1 saturated heterocycles. The summed E-state index contributed by atoms with van der Waals surface area (Å²) in [6.45, 7) is 2.09. The van der Waals surface area contributed by atoms with Crippen LogP contribution in [0.15, 0.2) is 52.0 Å². The van der Waals surface area contributed by atoms with Gasteiger partial charge in [-0.05, 0) is 67.0 Å². The molecule has 1 fully saturated rings. The summed E-state index contributed by atoms with van der Waals surface area (Å²) in [5, 5.41) is 25.0. The number of benzene rings is 1. The average Bonchev–Trinajstić information content (AvgIpc) is 3.53. The molecule has 5 aromatic rings. The predicted octanol–water partition coefficient (Wildman–Crippen LogP) is 4.94. The number of aromatic nitrogens is 4. The summed E-state index contributed by atoms with van der Waals surface area (Å²) < 4.78 is 7.59. The number of imidazole rings is 1. The van der Waals surface area contributed by atoms with Crippen LogP contribution in [-0.4, -0.2) is 49.9 Å². The summed E-state index contributed by atoms with van der Waals surface area (Å²) in [5.74, 6) is 0.143. The summed E-state index contributed by atoms with van der Waals surface area (Å²) in [7, 11) is 2.15. The molecule has 156 valence electrons. The molecule has 1 N–H and O–H groups in total. The summed E-state index contributed by atoms with van der Waals surface area (Å²) in [4.78, 5) is 7.14. The van der Waals surface area contributed by atoms with Crippen LogP contribution in [0.5, 0.6) is 5.75 Å². The molecule has 8 heteroatoms. The molecule has 31 heavy (non-hydrogen) atoms. The summed E-state index contributed by atoms with van der Waals surface area (Å²) in [5.41, 5.74) is 5.40. The highest BCUT2D eigenvalue weighted by molar-refractivity contribution is 7.08. The third-order valence-electron chi connectivity index (χ3n) is 6.15. The van der Waals surface area contributed by atoms with Crippen LogP contribution in [-0.2, 0) is 0 Å². The third kappa shape index (κ3) is 2.94. The molecule has 1 aliphatic rings. The lowest BCUT2D eigenvalue weighted by Crippen LogP contribution is -2.33. The van der Waals surface area contributed by atoms with Gasteiger partial charge in [0, 0.05) is 23.7 Å². The zero-order chi connectivity index (χ0) is 20.9. The topological polar surface area (TPSA) is 80.2 Å². The molecule has 5 heterocycles. The van der Waals surface area contributed by atoms with E-state index < -0.39 is 0 Å². The van der Waals surface area contributed by atoms with Gasteiger partial charge in [0.05, 0.1) is 18.0 Å². The second-order valence-corrected chi connectivity index (χ2v) is 8.89. The standard InChI is InChI=1S/C23H21N5O2S/c1-27-8-2-3-15(11-27)28-13-24-21-19(14-7-10-31-12-14)20(25-26-23(21)28)17-4-5-18-16(22(17)29)6-9-30-18/h4-7,9-10,12-13,15,29H,2-3,8,11H2,1H3/t15-/m1/s1. The van der Waals surface area contributed by atoms with E-state index in [0.29, 0.717) is 28.3 Å². The molecule has 6 rings (SSSR count). The number of piperidine rings is 1. The zero-order valence-electron chi connectivity index (χ0n) is 17.0. The molecule has 1 aromatic carbocycles. The van der Waals surface area contributed by atoms with E-state index in [-0.39, 0.29) is 5.75 Å². The van der Waals surface area contributed by atoms with Crippen LogP contribution in [0.4, 0.5) is 0 Å². The van der Waals surface area contributed by atoms with Crippen molar-refractivity contribution in [3.63, 3.8) is 0 Å². The Morgan fingerprint density at radius 1 is 1.19 bits per heavy atom. The normalized spacial score (nSPS) is 17.6. The summed E-state index contributed by atoms with van der Waals surface area (Å²) >= 11 is 1.62. The van der Waals surface area contributed by atoms with Crippen molar-refractivity contribution < 1.29 is 9.52 Å². The average molecular weight is 432 g/mol. The highest BCUT2D eigenvalue weighted by atomic mass is 32.1. The maximum absolute atomic E-state index is 11.0. The monoisotopic (exact) mass is 431 g/mol. The first-order valence-electron chi connectivity index (χ1n) is 10.3. The number of fused-ring (bicyclic) bond motifs is 2. The first-order valence-corrected chi connectivity index (χ1v) is 11.3. The van der Waals surface area contributed by atoms with Crippen LogP contribution in [0, 0.1) is 0 Å². The van der Waals surface area contributed by atoms with Crippen LogP contribution in [0.2, 0.25) is 0 Å². The van der Waals surface area contributed by atoms with Gasteiger partial charge in [0.2, 0.25) is 0 Å². The highest BCUT2D eigenvalue weighted by Crippen LogP contribution is 2.42. The minimum absolute atomic E-state index is 0.143. The van der Waals surface area contributed by atoms with Crippen molar-refractivity contribution in [2.45, 2.75) is 18.9 Å². The number of likely N-dealkylation sites (N-methyl/N-ethyl adjacent to an activating group) is 1. The second-order valence-electron chi connectivity index (χ2n) is 8.11. The Bertz CT molecular complexity index is 1390. The predicted molar refractivity (Wildman–Crippen MR) is 121 cm³/mol. The first kappa shape index (κ1) is 18.5. The van der Waals surface area contributed by atoms with Crippen molar-refractivity contribution in [3.8, 4) is 28.1 Å². The third-order valence-corrected chi connectivity index (χ3v) is 6.83. The van der Waals surface area contributed by atoms with Crippen molar-refractivity contribution in [1.82, 2.24) is 24.6 Å². The Balaban J connectivity index is 1.58. The van der Waals surface area contributed by atoms with E-state index in [1.54, 1.807) is 23.7 Å². The molecule has 0 aliphatic carbocycles. The lowest BCUT2D eigenvalue weighted by Gasteiger charge is -2.30. The Morgan fingerprint density at radius 2 is 2.13 bits per heavy atom. The molecular formula is C23H21N5O2S. The van der Waals surface area contributed by atoms with Gasteiger partial charge in [-0.15, -0.1) is 10.2 Å². The molecule has 1 atom stereocenters. The first-order chi connectivity index (χ1) is 15.2. The molecule has 0 radical (unpaired) electrons. The molecule has 0 amide bonds. The lowest BCUT2D eigenvalue weighted by atomic mass is 9.99. The number of nitrogens with zero attached hydrogens (tertiary/aromatic N) is 5. The molecule has 0 bridgehead atoms. The molecule has 4 aromatic heterocycles. The molecule has 0 saturated carbocycles. The lowest BCUT2D eigenvalue weighted by molar-refractivity contribution is 0.214. The van der Waals surface area contributed by atoms with Gasteiger partial charge >= 0.3 is 0 Å². The van der Waals surface area contributed by atoms with Gasteiger partial charge in [0.15, 0.2) is 5.65 Å². The highest BCUT2D eigenvalue weighted by Gasteiger charge is 2.25. The SMILES string of the molecule is CN1CCC[C@@H](n2cnc3c(-c4ccsc4)c(-c4ccc5occc5c4O)nnc32)C1. The maximum atomic E-state index is 11.0. The van der Waals surface area contributed by atoms with Crippen molar-refractivity contribution >= 4 is 33.5 Å². The van der Waals surface area contributed by atoms with Gasteiger partial charge in [-0.3, -0.25) is 0 Å². The van der Waals surface area contributed by atoms with E-state index in [1.165, 1.54) is 0 Å². The van der Waals surface area contributed by atoms with Crippen LogP contribution in [0.1, 0.15) is 18.9 Å². The second kappa shape index (κ2) is 7.18. The van der Waals surface area contributed by atoms with Gasteiger partial charge in [-0.25, -0.2) is 4.98 Å². The Kier molecular flexibility index (Phi) is 4.29. The fourth-order valence-electron chi connectivity index (χ4n) is 4.61. The van der Waals surface area contributed by atoms with Crippen LogP contribution < -0.4 is 0 Å². The maximum Gasteiger partial charge on any atom is 0.183 e. The Morgan fingerprint density at radius 3 is 2.97 bits per heavy atom. The van der Waals surface area contributed by atoms with Crippen LogP contribution in [0.3, 0.4) is 0 Å². The number of furan rings is 1. The van der Waals surface area contributed by atoms with E-state index in [4.69, 9.17) is 9.40 Å². The summed E-state index contributed by atoms with van der Waals surface area (Å²) in [6.07, 6.45) is 5.72. The fourth-order valence-corrected chi connectivity index (χ4v) is 5.26. The van der Waals surface area contributed by atoms with Gasteiger partial charge in [-0.2, -0.15) is 11.3 Å². The number of thiophene rings is 1. The molecule has 0 unspecified atom stereocenters. The minimum Gasteiger partial charge on any atom is -0.506 e. The number of phenols is 1.